The summed E-state index contributed by atoms with van der Waals surface area (Å²) in [5.74, 6) is 0. The molecule has 0 heterocycles. The van der Waals surface area contributed by atoms with Crippen LogP contribution in [0.5, 0.6) is 0 Å². The molecule has 0 saturated carbocycles. The standard InChI is InChI=1S/C12H27NO3Si/c1-7-17(8-2,9-3)16-11(6)13-12(14)15-10(4)5/h10-11H,7-9H2,1-6H3,(H,13,14). The van der Waals surface area contributed by atoms with E-state index in [1.807, 2.05) is 20.8 Å². The first kappa shape index (κ1) is 16.4. The molecular weight excluding hydrogens is 234 g/mol. The van der Waals surface area contributed by atoms with Crippen LogP contribution < -0.4 is 5.32 Å². The van der Waals surface area contributed by atoms with Gasteiger partial charge in [0.1, 0.15) is 6.23 Å². The molecule has 17 heavy (non-hydrogen) atoms. The van der Waals surface area contributed by atoms with Crippen LogP contribution in [0.4, 0.5) is 4.79 Å². The number of alkyl carbamates (subject to hydrolysis) is 1. The quantitative estimate of drug-likeness (QED) is 0.564. The van der Waals surface area contributed by atoms with Crippen LogP contribution in [0.2, 0.25) is 18.1 Å². The van der Waals surface area contributed by atoms with Crippen molar-refractivity contribution in [3.63, 3.8) is 0 Å². The third-order valence-electron chi connectivity index (χ3n) is 3.02. The van der Waals surface area contributed by atoms with Gasteiger partial charge in [-0.05, 0) is 38.9 Å². The molecule has 5 heteroatoms. The van der Waals surface area contributed by atoms with Crippen LogP contribution in [0.25, 0.3) is 0 Å². The second-order valence-electron chi connectivity index (χ2n) is 4.60. The zero-order valence-corrected chi connectivity index (χ0v) is 13.0. The summed E-state index contributed by atoms with van der Waals surface area (Å²) in [6.45, 7) is 12.0. The van der Waals surface area contributed by atoms with Crippen LogP contribution >= 0.6 is 0 Å². The smallest absolute Gasteiger partial charge is 0.409 e. The Bertz CT molecular complexity index is 222. The van der Waals surface area contributed by atoms with E-state index >= 15 is 0 Å². The van der Waals surface area contributed by atoms with E-state index in [0.717, 1.165) is 18.1 Å². The highest BCUT2D eigenvalue weighted by atomic mass is 28.4. The molecule has 0 fully saturated rings. The van der Waals surface area contributed by atoms with Crippen LogP contribution in [0.1, 0.15) is 41.5 Å². The van der Waals surface area contributed by atoms with Gasteiger partial charge in [-0.2, -0.15) is 0 Å². The SMILES string of the molecule is CC[Si](CC)(CC)OC(C)NC(=O)OC(C)C. The maximum Gasteiger partial charge on any atom is 0.409 e. The first-order chi connectivity index (χ1) is 7.89. The van der Waals surface area contributed by atoms with Crippen molar-refractivity contribution in [1.82, 2.24) is 5.32 Å². The first-order valence-electron chi connectivity index (χ1n) is 6.54. The third kappa shape index (κ3) is 6.07. The number of amides is 1. The molecule has 1 N–H and O–H groups in total. The van der Waals surface area contributed by atoms with Gasteiger partial charge in [0.05, 0.1) is 6.10 Å². The summed E-state index contributed by atoms with van der Waals surface area (Å²) in [7, 11) is -1.66. The summed E-state index contributed by atoms with van der Waals surface area (Å²) in [6.07, 6.45) is -0.779. The summed E-state index contributed by atoms with van der Waals surface area (Å²) >= 11 is 0. The molecule has 0 aromatic heterocycles. The Labute approximate surface area is 106 Å². The monoisotopic (exact) mass is 261 g/mol. The largest absolute Gasteiger partial charge is 0.447 e. The average molecular weight is 261 g/mol. The number of rotatable bonds is 7. The molecule has 0 aliphatic heterocycles. The normalized spacial score (nSPS) is 13.6. The fraction of sp³-hybridized carbons (Fsp3) is 0.917. The summed E-state index contributed by atoms with van der Waals surface area (Å²) in [5, 5.41) is 2.72. The van der Waals surface area contributed by atoms with Gasteiger partial charge in [0.25, 0.3) is 0 Å². The van der Waals surface area contributed by atoms with Crippen molar-refractivity contribution >= 4 is 14.4 Å². The average Bonchev–Trinajstić information content (AvgIpc) is 2.24. The predicted molar refractivity (Wildman–Crippen MR) is 72.5 cm³/mol. The summed E-state index contributed by atoms with van der Waals surface area (Å²) in [6, 6.07) is 3.22. The molecule has 0 spiro atoms. The molecule has 0 bridgehead atoms. The van der Waals surface area contributed by atoms with Crippen LogP contribution in [-0.2, 0) is 9.16 Å². The van der Waals surface area contributed by atoms with Crippen molar-refractivity contribution < 1.29 is 14.0 Å². The molecule has 0 aromatic carbocycles. The Morgan fingerprint density at radius 3 is 1.94 bits per heavy atom. The van der Waals surface area contributed by atoms with Gasteiger partial charge >= 0.3 is 6.09 Å². The number of hydrogen-bond acceptors (Lipinski definition) is 3. The molecule has 4 nitrogen and oxygen atoms in total. The van der Waals surface area contributed by atoms with Crippen LogP contribution in [0, 0.1) is 0 Å². The molecule has 1 unspecified atom stereocenters. The summed E-state index contributed by atoms with van der Waals surface area (Å²) < 4.78 is 11.1. The first-order valence-corrected chi connectivity index (χ1v) is 9.07. The lowest BCUT2D eigenvalue weighted by Crippen LogP contribution is -2.46. The highest BCUT2D eigenvalue weighted by Gasteiger charge is 2.31. The second-order valence-corrected chi connectivity index (χ2v) is 9.33. The predicted octanol–water partition coefficient (Wildman–Crippen LogP) is 3.49. The Morgan fingerprint density at radius 1 is 1.12 bits per heavy atom. The molecule has 1 amide bonds. The van der Waals surface area contributed by atoms with E-state index in [0.29, 0.717) is 0 Å². The van der Waals surface area contributed by atoms with E-state index in [4.69, 9.17) is 9.16 Å². The fourth-order valence-electron chi connectivity index (χ4n) is 1.82. The minimum atomic E-state index is -1.66. The van der Waals surface area contributed by atoms with Gasteiger partial charge in [-0.1, -0.05) is 20.8 Å². The number of carbonyl (C=O) groups is 1. The fourth-order valence-corrected chi connectivity index (χ4v) is 4.63. The molecule has 0 aliphatic carbocycles. The Balaban J connectivity index is 4.23. The van der Waals surface area contributed by atoms with Gasteiger partial charge in [0.15, 0.2) is 8.32 Å². The van der Waals surface area contributed by atoms with Crippen LogP contribution in [-0.4, -0.2) is 26.7 Å². The van der Waals surface area contributed by atoms with Gasteiger partial charge in [-0.25, -0.2) is 4.79 Å². The zero-order chi connectivity index (χ0) is 13.5. The molecule has 0 aromatic rings. The van der Waals surface area contributed by atoms with Gasteiger partial charge in [-0.3, -0.25) is 5.32 Å². The maximum absolute atomic E-state index is 11.4. The molecule has 1 atom stereocenters. The van der Waals surface area contributed by atoms with Crippen LogP contribution in [0.3, 0.4) is 0 Å². The van der Waals surface area contributed by atoms with Crippen molar-refractivity contribution in [3.8, 4) is 0 Å². The molecule has 0 rings (SSSR count). The van der Waals surface area contributed by atoms with E-state index in [1.165, 1.54) is 0 Å². The van der Waals surface area contributed by atoms with Gasteiger partial charge in [0, 0.05) is 0 Å². The van der Waals surface area contributed by atoms with Gasteiger partial charge in [-0.15, -0.1) is 0 Å². The minimum absolute atomic E-state index is 0.104. The minimum Gasteiger partial charge on any atom is -0.447 e. The van der Waals surface area contributed by atoms with Crippen molar-refractivity contribution in [2.75, 3.05) is 0 Å². The van der Waals surface area contributed by atoms with E-state index < -0.39 is 14.4 Å². The van der Waals surface area contributed by atoms with E-state index in [1.54, 1.807) is 0 Å². The molecule has 0 saturated heterocycles. The third-order valence-corrected chi connectivity index (χ3v) is 7.74. The summed E-state index contributed by atoms with van der Waals surface area (Å²) in [5.41, 5.74) is 0. The Morgan fingerprint density at radius 2 is 1.59 bits per heavy atom. The van der Waals surface area contributed by atoms with E-state index in [2.05, 4.69) is 26.1 Å². The molecule has 0 aliphatic rings. The second kappa shape index (κ2) is 7.71. The topological polar surface area (TPSA) is 47.6 Å². The highest BCUT2D eigenvalue weighted by Crippen LogP contribution is 2.22. The maximum atomic E-state index is 11.4. The lowest BCUT2D eigenvalue weighted by Gasteiger charge is -2.31. The lowest BCUT2D eigenvalue weighted by molar-refractivity contribution is 0.0907. The Kier molecular flexibility index (Phi) is 7.46. The summed E-state index contributed by atoms with van der Waals surface area (Å²) in [4.78, 5) is 11.4. The zero-order valence-electron chi connectivity index (χ0n) is 12.0. The Hall–Kier alpha value is -0.553. The van der Waals surface area contributed by atoms with Crippen molar-refractivity contribution in [2.24, 2.45) is 0 Å². The highest BCUT2D eigenvalue weighted by molar-refractivity contribution is 6.73. The molecular formula is C12H27NO3Si. The van der Waals surface area contributed by atoms with E-state index in [9.17, 15) is 4.79 Å². The lowest BCUT2D eigenvalue weighted by atomic mass is 10.5. The number of ether oxygens (including phenoxy) is 1. The van der Waals surface area contributed by atoms with Crippen molar-refractivity contribution in [2.45, 2.75) is 72.0 Å². The van der Waals surface area contributed by atoms with Crippen molar-refractivity contribution in [1.29, 1.82) is 0 Å². The number of hydrogen-bond donors (Lipinski definition) is 1. The molecule has 0 radical (unpaired) electrons. The molecule has 102 valence electrons. The van der Waals surface area contributed by atoms with Gasteiger partial charge in [0.2, 0.25) is 0 Å². The number of carbonyl (C=O) groups excluding carboxylic acids is 1. The van der Waals surface area contributed by atoms with Gasteiger partial charge < -0.3 is 9.16 Å². The van der Waals surface area contributed by atoms with E-state index in [-0.39, 0.29) is 12.3 Å². The number of nitrogens with one attached hydrogen (secondary N) is 1. The van der Waals surface area contributed by atoms with Crippen LogP contribution in [0.15, 0.2) is 0 Å². The van der Waals surface area contributed by atoms with Crippen molar-refractivity contribution in [3.05, 3.63) is 0 Å².